The van der Waals surface area contributed by atoms with Gasteiger partial charge in [-0.2, -0.15) is 0 Å². The molecule has 2 aromatic rings. The Labute approximate surface area is 146 Å². The van der Waals surface area contributed by atoms with Gasteiger partial charge in [0.2, 0.25) is 0 Å². The van der Waals surface area contributed by atoms with E-state index in [2.05, 4.69) is 34.8 Å². The van der Waals surface area contributed by atoms with E-state index in [1.54, 1.807) is 11.3 Å². The van der Waals surface area contributed by atoms with Crippen molar-refractivity contribution < 1.29 is 4.74 Å². The topological polar surface area (TPSA) is 50.4 Å². The number of allylic oxidation sites excluding steroid dienone is 2. The fraction of sp³-hybridized carbons (Fsp3) is 0.500. The minimum absolute atomic E-state index is 0.102. The Morgan fingerprint density at radius 3 is 3.12 bits per heavy atom. The van der Waals surface area contributed by atoms with Gasteiger partial charge >= 0.3 is 0 Å². The molecule has 0 aliphatic carbocycles. The van der Waals surface area contributed by atoms with Crippen molar-refractivity contribution in [1.82, 2.24) is 14.9 Å². The van der Waals surface area contributed by atoms with Crippen molar-refractivity contribution in [3.8, 4) is 0 Å². The van der Waals surface area contributed by atoms with E-state index < -0.39 is 0 Å². The van der Waals surface area contributed by atoms with Gasteiger partial charge in [0.15, 0.2) is 12.4 Å². The highest BCUT2D eigenvalue weighted by molar-refractivity contribution is 7.18. The molecule has 4 heterocycles. The van der Waals surface area contributed by atoms with Gasteiger partial charge in [0.25, 0.3) is 0 Å². The third-order valence-electron chi connectivity index (χ3n) is 4.56. The summed E-state index contributed by atoms with van der Waals surface area (Å²) in [7, 11) is 0. The fourth-order valence-electron chi connectivity index (χ4n) is 3.14. The summed E-state index contributed by atoms with van der Waals surface area (Å²) in [5.74, 6) is 0.237. The highest BCUT2D eigenvalue weighted by Gasteiger charge is 2.52. The Kier molecular flexibility index (Phi) is 4.33. The monoisotopic (exact) mass is 342 g/mol. The summed E-state index contributed by atoms with van der Waals surface area (Å²) in [5, 5.41) is 1.12. The molecule has 0 bridgehead atoms. The molecule has 3 atom stereocenters. The van der Waals surface area contributed by atoms with E-state index in [0.717, 1.165) is 23.6 Å². The summed E-state index contributed by atoms with van der Waals surface area (Å²) in [6.45, 7) is 5.23. The second-order valence-electron chi connectivity index (χ2n) is 6.30. The van der Waals surface area contributed by atoms with Crippen LogP contribution in [0.3, 0.4) is 0 Å². The highest BCUT2D eigenvalue weighted by atomic mass is 32.1. The van der Waals surface area contributed by atoms with Gasteiger partial charge in [-0.15, -0.1) is 11.3 Å². The Morgan fingerprint density at radius 2 is 2.29 bits per heavy atom. The first-order valence-corrected chi connectivity index (χ1v) is 9.45. The number of aliphatic imine (C=N–C) groups is 1. The van der Waals surface area contributed by atoms with Crippen LogP contribution in [0, 0.1) is 0 Å². The average molecular weight is 342 g/mol. The molecule has 0 spiro atoms. The summed E-state index contributed by atoms with van der Waals surface area (Å²) < 4.78 is 7.21. The van der Waals surface area contributed by atoms with Crippen LogP contribution in [-0.2, 0) is 4.74 Å². The zero-order valence-corrected chi connectivity index (χ0v) is 14.9. The van der Waals surface area contributed by atoms with Crippen LogP contribution >= 0.6 is 11.3 Å². The maximum atomic E-state index is 6.02. The second kappa shape index (κ2) is 6.61. The van der Waals surface area contributed by atoms with Crippen molar-refractivity contribution in [1.29, 1.82) is 0 Å². The molecule has 3 unspecified atom stereocenters. The van der Waals surface area contributed by atoms with Crippen LogP contribution in [0.5, 0.6) is 0 Å². The summed E-state index contributed by atoms with van der Waals surface area (Å²) in [6, 6.07) is 2.03. The number of rotatable bonds is 7. The normalized spacial score (nSPS) is 23.2. The lowest BCUT2D eigenvalue weighted by molar-refractivity contribution is 0.0851. The van der Waals surface area contributed by atoms with Gasteiger partial charge in [-0.05, 0) is 18.6 Å². The Bertz CT molecular complexity index is 751. The smallest absolute Gasteiger partial charge is 0.172 e. The molecule has 6 heteroatoms. The van der Waals surface area contributed by atoms with E-state index in [1.807, 2.05) is 24.7 Å². The van der Waals surface area contributed by atoms with Gasteiger partial charge < -0.3 is 9.64 Å². The lowest BCUT2D eigenvalue weighted by atomic mass is 10.1. The van der Waals surface area contributed by atoms with Crippen molar-refractivity contribution in [2.24, 2.45) is 4.99 Å². The van der Waals surface area contributed by atoms with Crippen LogP contribution < -0.4 is 0 Å². The number of nitrogens with zero attached hydrogens (tertiary/aromatic N) is 4. The zero-order chi connectivity index (χ0) is 16.5. The Morgan fingerprint density at radius 1 is 1.38 bits per heavy atom. The minimum Gasteiger partial charge on any atom is -0.354 e. The molecule has 0 amide bonds. The van der Waals surface area contributed by atoms with E-state index >= 15 is 0 Å². The first-order valence-electron chi connectivity index (χ1n) is 8.63. The first-order chi connectivity index (χ1) is 11.8. The van der Waals surface area contributed by atoms with Gasteiger partial charge in [0, 0.05) is 30.6 Å². The Hall–Kier alpha value is -1.79. The molecule has 4 rings (SSSR count). The molecule has 0 N–H and O–H groups in total. The fourth-order valence-corrected chi connectivity index (χ4v) is 4.14. The van der Waals surface area contributed by atoms with Crippen LogP contribution in [0.15, 0.2) is 35.2 Å². The molecule has 1 saturated heterocycles. The molecule has 0 saturated carbocycles. The molecule has 2 aliphatic rings. The predicted octanol–water partition coefficient (Wildman–Crippen LogP) is 3.94. The van der Waals surface area contributed by atoms with Gasteiger partial charge in [0.1, 0.15) is 5.01 Å². The zero-order valence-electron chi connectivity index (χ0n) is 14.1. The molecule has 0 radical (unpaired) electrons. The summed E-state index contributed by atoms with van der Waals surface area (Å²) >= 11 is 1.74. The van der Waals surface area contributed by atoms with Crippen molar-refractivity contribution in [2.45, 2.75) is 51.4 Å². The lowest BCUT2D eigenvalue weighted by Crippen LogP contribution is -2.13. The van der Waals surface area contributed by atoms with E-state index in [9.17, 15) is 0 Å². The quantitative estimate of drug-likeness (QED) is 0.565. The predicted molar refractivity (Wildman–Crippen MR) is 97.3 cm³/mol. The van der Waals surface area contributed by atoms with Crippen molar-refractivity contribution in [2.75, 3.05) is 6.61 Å². The molecule has 0 aromatic carbocycles. The number of hydrogen-bond donors (Lipinski definition) is 0. The number of pyridine rings is 1. The summed E-state index contributed by atoms with van der Waals surface area (Å²) in [4.78, 5) is 15.7. The van der Waals surface area contributed by atoms with Gasteiger partial charge in [0.05, 0.1) is 16.4 Å². The average Bonchev–Trinajstić information content (AvgIpc) is 3.14. The molecule has 2 aromatic heterocycles. The van der Waals surface area contributed by atoms with Crippen LogP contribution in [0.25, 0.3) is 10.2 Å². The highest BCUT2D eigenvalue weighted by Crippen LogP contribution is 2.43. The van der Waals surface area contributed by atoms with Crippen molar-refractivity contribution in [3.63, 3.8) is 0 Å². The van der Waals surface area contributed by atoms with E-state index in [1.165, 1.54) is 23.2 Å². The molecule has 126 valence electrons. The standard InChI is InChI=1S/C18H22N4OS/c1-3-4-5-10-23-18-16-20-9-6-14(22(16)18)12(2)17-21-13-11-19-8-7-15(13)24-17/h6-9,11-12,16,18H,3-5,10H2,1-2H3. The molecule has 1 fully saturated rings. The number of unbranched alkanes of at least 4 members (excludes halogenated alkanes) is 2. The molecule has 2 aliphatic heterocycles. The summed E-state index contributed by atoms with van der Waals surface area (Å²) in [6.07, 6.45) is 11.5. The molecule has 5 nitrogen and oxygen atoms in total. The largest absolute Gasteiger partial charge is 0.354 e. The molecule has 24 heavy (non-hydrogen) atoms. The maximum absolute atomic E-state index is 6.02. The third-order valence-corrected chi connectivity index (χ3v) is 5.78. The van der Waals surface area contributed by atoms with Crippen LogP contribution in [0.4, 0.5) is 0 Å². The van der Waals surface area contributed by atoms with E-state index in [4.69, 9.17) is 9.72 Å². The number of fused-ring (bicyclic) bond motifs is 2. The minimum atomic E-state index is 0.102. The van der Waals surface area contributed by atoms with Crippen LogP contribution in [-0.4, -0.2) is 40.1 Å². The van der Waals surface area contributed by atoms with E-state index in [0.29, 0.717) is 0 Å². The maximum Gasteiger partial charge on any atom is 0.172 e. The number of ether oxygens (including phenoxy) is 1. The third kappa shape index (κ3) is 2.84. The lowest BCUT2D eigenvalue weighted by Gasteiger charge is -2.17. The second-order valence-corrected chi connectivity index (χ2v) is 7.36. The van der Waals surface area contributed by atoms with Gasteiger partial charge in [-0.1, -0.05) is 26.7 Å². The summed E-state index contributed by atoms with van der Waals surface area (Å²) in [5.41, 5.74) is 2.23. The number of aromatic nitrogens is 2. The molecular weight excluding hydrogens is 320 g/mol. The number of hydrogen-bond acceptors (Lipinski definition) is 6. The Balaban J connectivity index is 1.47. The van der Waals surface area contributed by atoms with Crippen LogP contribution in [0.2, 0.25) is 0 Å². The van der Waals surface area contributed by atoms with Crippen LogP contribution in [0.1, 0.15) is 44.0 Å². The molecular formula is C18H22N4OS. The van der Waals surface area contributed by atoms with Gasteiger partial charge in [-0.25, -0.2) is 4.98 Å². The van der Waals surface area contributed by atoms with Crippen molar-refractivity contribution >= 4 is 27.8 Å². The number of thiazole rings is 1. The van der Waals surface area contributed by atoms with E-state index in [-0.39, 0.29) is 18.3 Å². The first kappa shape index (κ1) is 15.7. The van der Waals surface area contributed by atoms with Gasteiger partial charge in [-0.3, -0.25) is 9.98 Å². The van der Waals surface area contributed by atoms with Crippen molar-refractivity contribution in [3.05, 3.63) is 35.2 Å². The SMILES string of the molecule is CCCCCOC1C2N=CC=C(C(C)c3nc4cnccc4s3)N21.